The third-order valence-corrected chi connectivity index (χ3v) is 2.05. The first-order valence-corrected chi connectivity index (χ1v) is 4.00. The fourth-order valence-electron chi connectivity index (χ4n) is 1.25. The predicted molar refractivity (Wildman–Crippen MR) is 49.5 cm³/mol. The maximum absolute atomic E-state index is 5.82. The van der Waals surface area contributed by atoms with E-state index in [9.17, 15) is 0 Å². The summed E-state index contributed by atoms with van der Waals surface area (Å²) < 4.78 is 1.70. The van der Waals surface area contributed by atoms with Crippen LogP contribution in [0.25, 0.3) is 10.9 Å². The van der Waals surface area contributed by atoms with Gasteiger partial charge in [0.05, 0.1) is 5.52 Å². The molecule has 0 fully saturated rings. The summed E-state index contributed by atoms with van der Waals surface area (Å²) in [5.41, 5.74) is 1.03. The molecule has 0 aliphatic heterocycles. The lowest BCUT2D eigenvalue weighted by atomic mass is 10.2. The van der Waals surface area contributed by atoms with Gasteiger partial charge in [-0.3, -0.25) is 0 Å². The van der Waals surface area contributed by atoms with Gasteiger partial charge in [-0.2, -0.15) is 4.73 Å². The van der Waals surface area contributed by atoms with E-state index in [-0.39, 0.29) is 0 Å². The van der Waals surface area contributed by atoms with Crippen LogP contribution in [-0.2, 0) is 0 Å². The Morgan fingerprint density at radius 2 is 2.17 bits per heavy atom. The van der Waals surface area contributed by atoms with Crippen molar-refractivity contribution in [2.24, 2.45) is 0 Å². The number of aromatic nitrogens is 1. The molecule has 0 N–H and O–H groups in total. The quantitative estimate of drug-likeness (QED) is 0.659. The summed E-state index contributed by atoms with van der Waals surface area (Å²) >= 11 is 5.82. The first-order valence-electron chi connectivity index (χ1n) is 3.62. The van der Waals surface area contributed by atoms with Crippen molar-refractivity contribution in [3.8, 4) is 0 Å². The molecule has 2 aromatic rings. The topological polar surface area (TPSA) is 14.2 Å². The Morgan fingerprint density at radius 1 is 1.33 bits per heavy atom. The summed E-state index contributed by atoms with van der Waals surface area (Å²) in [5.74, 6) is 0. The summed E-state index contributed by atoms with van der Waals surface area (Å²) in [6.45, 7) is 0. The van der Waals surface area contributed by atoms with E-state index in [1.165, 1.54) is 0 Å². The predicted octanol–water partition coefficient (Wildman–Crippen LogP) is 2.35. The Hall–Kier alpha value is -1.15. The van der Waals surface area contributed by atoms with Gasteiger partial charge in [-0.25, -0.2) is 0 Å². The lowest BCUT2D eigenvalue weighted by Crippen LogP contribution is -2.02. The lowest BCUT2D eigenvalue weighted by molar-refractivity contribution is 0.179. The monoisotopic (exact) mass is 181 g/mol. The highest BCUT2D eigenvalue weighted by Crippen LogP contribution is 2.19. The van der Waals surface area contributed by atoms with Gasteiger partial charge in [-0.1, -0.05) is 11.6 Å². The maximum atomic E-state index is 5.82. The molecular formula is C9H8ClNO. The van der Waals surface area contributed by atoms with E-state index >= 15 is 0 Å². The van der Waals surface area contributed by atoms with Crippen LogP contribution in [0.2, 0.25) is 5.02 Å². The highest BCUT2D eigenvalue weighted by atomic mass is 35.5. The minimum Gasteiger partial charge on any atom is -0.417 e. The van der Waals surface area contributed by atoms with Crippen LogP contribution < -0.4 is 4.84 Å². The molecule has 62 valence electrons. The molecule has 0 atom stereocenters. The number of benzene rings is 1. The van der Waals surface area contributed by atoms with Crippen molar-refractivity contribution in [3.05, 3.63) is 35.5 Å². The number of fused-ring (bicyclic) bond motifs is 1. The van der Waals surface area contributed by atoms with Crippen molar-refractivity contribution in [2.75, 3.05) is 7.11 Å². The Bertz CT molecular complexity index is 408. The Morgan fingerprint density at radius 3 is 2.92 bits per heavy atom. The summed E-state index contributed by atoms with van der Waals surface area (Å²) in [6.07, 6.45) is 1.86. The molecule has 1 heterocycles. The van der Waals surface area contributed by atoms with Gasteiger partial charge in [0.2, 0.25) is 0 Å². The van der Waals surface area contributed by atoms with Gasteiger partial charge >= 0.3 is 0 Å². The maximum Gasteiger partial charge on any atom is 0.104 e. The molecule has 3 heteroatoms. The Balaban J connectivity index is 2.73. The van der Waals surface area contributed by atoms with Crippen LogP contribution in [0.3, 0.4) is 0 Å². The third kappa shape index (κ3) is 1.04. The summed E-state index contributed by atoms with van der Waals surface area (Å²) in [6, 6.07) is 7.65. The summed E-state index contributed by atoms with van der Waals surface area (Å²) in [4.78, 5) is 5.08. The van der Waals surface area contributed by atoms with Gasteiger partial charge in [0.1, 0.15) is 7.11 Å². The molecule has 0 saturated heterocycles. The van der Waals surface area contributed by atoms with Gasteiger partial charge in [0.25, 0.3) is 0 Å². The Kier molecular flexibility index (Phi) is 1.70. The van der Waals surface area contributed by atoms with Crippen LogP contribution in [0.5, 0.6) is 0 Å². The average molecular weight is 182 g/mol. The van der Waals surface area contributed by atoms with Crippen molar-refractivity contribution >= 4 is 22.5 Å². The van der Waals surface area contributed by atoms with E-state index < -0.39 is 0 Å². The third-order valence-electron chi connectivity index (χ3n) is 1.81. The van der Waals surface area contributed by atoms with E-state index in [1.54, 1.807) is 11.8 Å². The van der Waals surface area contributed by atoms with E-state index in [1.807, 2.05) is 30.5 Å². The van der Waals surface area contributed by atoms with E-state index in [4.69, 9.17) is 16.4 Å². The Labute approximate surface area is 75.3 Å². The van der Waals surface area contributed by atoms with Crippen LogP contribution in [0.1, 0.15) is 0 Å². The zero-order valence-electron chi connectivity index (χ0n) is 6.62. The molecule has 2 nitrogen and oxygen atoms in total. The van der Waals surface area contributed by atoms with Gasteiger partial charge < -0.3 is 4.84 Å². The van der Waals surface area contributed by atoms with Crippen LogP contribution in [0.4, 0.5) is 0 Å². The van der Waals surface area contributed by atoms with Crippen molar-refractivity contribution < 1.29 is 4.84 Å². The van der Waals surface area contributed by atoms with Crippen molar-refractivity contribution in [1.29, 1.82) is 0 Å². The lowest BCUT2D eigenvalue weighted by Gasteiger charge is -2.00. The highest BCUT2D eigenvalue weighted by Gasteiger charge is 1.99. The van der Waals surface area contributed by atoms with E-state index in [2.05, 4.69) is 0 Å². The zero-order chi connectivity index (χ0) is 8.55. The van der Waals surface area contributed by atoms with Crippen molar-refractivity contribution in [3.63, 3.8) is 0 Å². The number of nitrogens with zero attached hydrogens (tertiary/aromatic N) is 1. The second-order valence-corrected chi connectivity index (χ2v) is 2.96. The van der Waals surface area contributed by atoms with Crippen LogP contribution >= 0.6 is 11.6 Å². The largest absolute Gasteiger partial charge is 0.417 e. The van der Waals surface area contributed by atoms with Crippen molar-refractivity contribution in [2.45, 2.75) is 0 Å². The normalized spacial score (nSPS) is 10.5. The van der Waals surface area contributed by atoms with Crippen LogP contribution in [0, 0.1) is 0 Å². The number of halogens is 1. The molecule has 0 aliphatic rings. The second kappa shape index (κ2) is 2.72. The number of rotatable bonds is 1. The summed E-state index contributed by atoms with van der Waals surface area (Å²) in [5, 5.41) is 1.83. The average Bonchev–Trinajstić information content (AvgIpc) is 2.46. The van der Waals surface area contributed by atoms with Crippen LogP contribution in [0.15, 0.2) is 30.5 Å². The smallest absolute Gasteiger partial charge is 0.104 e. The molecule has 0 amide bonds. The number of hydrogen-bond donors (Lipinski definition) is 0. The number of hydrogen-bond acceptors (Lipinski definition) is 1. The van der Waals surface area contributed by atoms with Gasteiger partial charge in [-0.15, -0.1) is 0 Å². The molecule has 0 radical (unpaired) electrons. The molecule has 0 aliphatic carbocycles. The van der Waals surface area contributed by atoms with Gasteiger partial charge in [0.15, 0.2) is 0 Å². The molecule has 0 bridgehead atoms. The first-order chi connectivity index (χ1) is 5.81. The zero-order valence-corrected chi connectivity index (χ0v) is 7.38. The van der Waals surface area contributed by atoms with Crippen LogP contribution in [-0.4, -0.2) is 11.8 Å². The fraction of sp³-hybridized carbons (Fsp3) is 0.111. The van der Waals surface area contributed by atoms with Crippen molar-refractivity contribution in [1.82, 2.24) is 4.73 Å². The molecule has 1 aromatic carbocycles. The second-order valence-electron chi connectivity index (χ2n) is 2.53. The molecule has 0 spiro atoms. The molecule has 0 unspecified atom stereocenters. The molecule has 2 rings (SSSR count). The van der Waals surface area contributed by atoms with Gasteiger partial charge in [-0.05, 0) is 24.3 Å². The summed E-state index contributed by atoms with van der Waals surface area (Å²) in [7, 11) is 1.63. The van der Waals surface area contributed by atoms with Gasteiger partial charge in [0, 0.05) is 16.6 Å². The standard InChI is InChI=1S/C9H8ClNO/c1-12-11-5-4-7-6-8(10)2-3-9(7)11/h2-6H,1H3. The molecule has 12 heavy (non-hydrogen) atoms. The highest BCUT2D eigenvalue weighted by molar-refractivity contribution is 6.31. The minimum absolute atomic E-state index is 0.747. The SMILES string of the molecule is COn1ccc2cc(Cl)ccc21. The molecular weight excluding hydrogens is 174 g/mol. The minimum atomic E-state index is 0.747. The molecule has 1 aromatic heterocycles. The fourth-order valence-corrected chi connectivity index (χ4v) is 1.43. The first kappa shape index (κ1) is 7.50. The van der Waals surface area contributed by atoms with E-state index in [0.29, 0.717) is 0 Å². The van der Waals surface area contributed by atoms with E-state index in [0.717, 1.165) is 15.9 Å². The molecule has 0 saturated carbocycles.